The monoisotopic (exact) mass is 794 g/mol. The largest absolute Gasteiger partial charge is 0.469 e. The van der Waals surface area contributed by atoms with Crippen molar-refractivity contribution in [3.8, 4) is 0 Å². The normalized spacial score (nSPS) is 51.9. The van der Waals surface area contributed by atoms with Crippen LogP contribution in [0.15, 0.2) is 23.5 Å². The Morgan fingerprint density at radius 1 is 0.804 bits per heavy atom. The SMILES string of the molecule is CO[C@H]1C[C@H](O[C@@H]2CC3=CC[C@H]4C(=O)O[C@@H]5CO[C@]6(C)OC=C(CC[C@@H]4[C@@]3(C)C[C@H]2O)[C@H]56)O[C@H](C)[C@H]1O[C@H]1C[C@H](O)[C@H](O[C@@H]2C[C@@H](OC)[C@@H](O)[C@H](C)O2)[C@@H](C)O1. The van der Waals surface area contributed by atoms with Crippen LogP contribution in [0.2, 0.25) is 0 Å². The maximum atomic E-state index is 13.7. The number of ether oxygens (including phenoxy) is 11. The van der Waals surface area contributed by atoms with Crippen molar-refractivity contribution in [1.82, 2.24) is 0 Å². The minimum Gasteiger partial charge on any atom is -0.469 e. The molecule has 8 rings (SSSR count). The third-order valence-corrected chi connectivity index (χ3v) is 14.2. The van der Waals surface area contributed by atoms with Crippen LogP contribution >= 0.6 is 0 Å². The summed E-state index contributed by atoms with van der Waals surface area (Å²) in [5, 5.41) is 33.2. The van der Waals surface area contributed by atoms with Gasteiger partial charge in [-0.15, -0.1) is 0 Å². The van der Waals surface area contributed by atoms with E-state index in [2.05, 4.69) is 13.0 Å². The van der Waals surface area contributed by atoms with Crippen LogP contribution in [0.25, 0.3) is 0 Å². The van der Waals surface area contributed by atoms with E-state index in [1.54, 1.807) is 27.4 Å². The van der Waals surface area contributed by atoms with E-state index in [0.717, 1.165) is 18.4 Å². The lowest BCUT2D eigenvalue weighted by molar-refractivity contribution is -0.338. The second-order valence-corrected chi connectivity index (χ2v) is 17.7. The number of esters is 1. The molecule has 6 aliphatic heterocycles. The van der Waals surface area contributed by atoms with E-state index in [1.807, 2.05) is 20.8 Å². The molecule has 0 spiro atoms. The molecule has 15 nitrogen and oxygen atoms in total. The molecule has 1 saturated carbocycles. The number of rotatable bonds is 8. The first-order chi connectivity index (χ1) is 26.7. The van der Waals surface area contributed by atoms with Gasteiger partial charge in [-0.1, -0.05) is 18.6 Å². The first-order valence-corrected chi connectivity index (χ1v) is 20.6. The maximum Gasteiger partial charge on any atom is 0.309 e. The molecule has 0 aromatic carbocycles. The number of aliphatic hydroxyl groups is 3. The molecule has 0 aromatic rings. The van der Waals surface area contributed by atoms with Gasteiger partial charge in [-0.2, -0.15) is 0 Å². The molecule has 20 atom stereocenters. The van der Waals surface area contributed by atoms with Gasteiger partial charge in [-0.05, 0) is 69.8 Å². The van der Waals surface area contributed by atoms with Gasteiger partial charge in [-0.3, -0.25) is 4.79 Å². The Hall–Kier alpha value is -1.73. The van der Waals surface area contributed by atoms with Crippen molar-refractivity contribution in [1.29, 1.82) is 0 Å². The number of carbonyl (C=O) groups excluding carboxylic acids is 1. The molecule has 8 aliphatic rings. The summed E-state index contributed by atoms with van der Waals surface area (Å²) in [5.41, 5.74) is 1.92. The molecular weight excluding hydrogens is 732 g/mol. The molecule has 0 amide bonds. The topological polar surface area (TPSA) is 179 Å². The number of carbonyl (C=O) groups is 1. The highest BCUT2D eigenvalue weighted by atomic mass is 16.7. The highest BCUT2D eigenvalue weighted by Gasteiger charge is 2.59. The third kappa shape index (κ3) is 7.51. The number of aliphatic hydroxyl groups excluding tert-OH is 3. The average molecular weight is 795 g/mol. The Kier molecular flexibility index (Phi) is 11.7. The van der Waals surface area contributed by atoms with Crippen molar-refractivity contribution in [3.05, 3.63) is 23.5 Å². The van der Waals surface area contributed by atoms with Crippen molar-refractivity contribution < 1.29 is 72.2 Å². The summed E-state index contributed by atoms with van der Waals surface area (Å²) in [6.45, 7) is 9.89. The summed E-state index contributed by atoms with van der Waals surface area (Å²) in [6.07, 6.45) is -0.916. The van der Waals surface area contributed by atoms with Crippen LogP contribution in [0.1, 0.15) is 86.0 Å². The van der Waals surface area contributed by atoms with Crippen molar-refractivity contribution in [2.45, 2.75) is 184 Å². The van der Waals surface area contributed by atoms with Crippen LogP contribution < -0.4 is 0 Å². The van der Waals surface area contributed by atoms with E-state index in [1.165, 1.54) is 5.57 Å². The van der Waals surface area contributed by atoms with E-state index < -0.39 is 97.2 Å². The summed E-state index contributed by atoms with van der Waals surface area (Å²) in [5.74, 6) is -1.40. The zero-order chi connectivity index (χ0) is 39.7. The summed E-state index contributed by atoms with van der Waals surface area (Å²) < 4.78 is 66.9. The van der Waals surface area contributed by atoms with Gasteiger partial charge in [-0.25, -0.2) is 0 Å². The van der Waals surface area contributed by atoms with Crippen molar-refractivity contribution in [2.75, 3.05) is 20.8 Å². The zero-order valence-corrected chi connectivity index (χ0v) is 33.7. The molecule has 6 fully saturated rings. The van der Waals surface area contributed by atoms with Crippen molar-refractivity contribution >= 4 is 5.97 Å². The summed E-state index contributed by atoms with van der Waals surface area (Å²) in [7, 11) is 3.16. The Morgan fingerprint density at radius 3 is 2.20 bits per heavy atom. The van der Waals surface area contributed by atoms with Gasteiger partial charge in [0.2, 0.25) is 5.79 Å². The molecule has 0 radical (unpaired) electrons. The Balaban J connectivity index is 0.868. The van der Waals surface area contributed by atoms with Gasteiger partial charge in [0.1, 0.15) is 24.4 Å². The molecule has 0 aromatic heterocycles. The number of hydrogen-bond acceptors (Lipinski definition) is 15. The van der Waals surface area contributed by atoms with Crippen molar-refractivity contribution in [3.63, 3.8) is 0 Å². The van der Waals surface area contributed by atoms with Crippen molar-refractivity contribution in [2.24, 2.45) is 23.2 Å². The van der Waals surface area contributed by atoms with Crippen LogP contribution in [0.5, 0.6) is 0 Å². The lowest BCUT2D eigenvalue weighted by atomic mass is 9.55. The van der Waals surface area contributed by atoms with E-state index in [9.17, 15) is 20.1 Å². The Labute approximate surface area is 329 Å². The number of methoxy groups -OCH3 is 2. The predicted molar refractivity (Wildman–Crippen MR) is 194 cm³/mol. The fraction of sp³-hybridized carbons (Fsp3) is 0.878. The average Bonchev–Trinajstić information content (AvgIpc) is 3.67. The van der Waals surface area contributed by atoms with E-state index in [4.69, 9.17) is 52.1 Å². The summed E-state index contributed by atoms with van der Waals surface area (Å²) in [4.78, 5) is 13.7. The molecule has 316 valence electrons. The van der Waals surface area contributed by atoms with E-state index >= 15 is 0 Å². The molecule has 5 saturated heterocycles. The molecular formula is C41H62O15. The van der Waals surface area contributed by atoms with Crippen LogP contribution in [0, 0.1) is 23.2 Å². The zero-order valence-electron chi connectivity index (χ0n) is 33.7. The smallest absolute Gasteiger partial charge is 0.309 e. The molecule has 2 aliphatic carbocycles. The number of hydrogen-bond donors (Lipinski definition) is 3. The summed E-state index contributed by atoms with van der Waals surface area (Å²) in [6, 6.07) is 0. The molecule has 15 heteroatoms. The minimum absolute atomic E-state index is 0.00811. The molecule has 0 unspecified atom stereocenters. The van der Waals surface area contributed by atoms with Crippen LogP contribution in [-0.4, -0.2) is 140 Å². The molecule has 6 heterocycles. The number of allylic oxidation sites excluding steroid dienone is 1. The first-order valence-electron chi connectivity index (χ1n) is 20.6. The second-order valence-electron chi connectivity index (χ2n) is 17.7. The molecule has 56 heavy (non-hydrogen) atoms. The lowest BCUT2D eigenvalue weighted by Gasteiger charge is -2.52. The van der Waals surface area contributed by atoms with Crippen LogP contribution in [0.4, 0.5) is 0 Å². The quantitative estimate of drug-likeness (QED) is 0.241. The summed E-state index contributed by atoms with van der Waals surface area (Å²) >= 11 is 0. The molecule has 0 bridgehead atoms. The third-order valence-electron chi connectivity index (χ3n) is 14.2. The lowest BCUT2D eigenvalue weighted by Crippen LogP contribution is -2.57. The fourth-order valence-corrected chi connectivity index (χ4v) is 11.1. The standard InChI is InChI=1S/C41H62O15/c1-19-36(44)29(46-6)14-34(50-19)55-37-20(2)51-32(13-26(37)42)56-38-21(3)52-33(15-30(38)47-7)53-28-12-23-9-10-24-25(40(23,4)16-27(28)43)11-8-22-17-48-41(5)35(22)31(18-49-41)54-39(24)45/h9,17,19-21,24-38,42-44H,8,10-16,18H2,1-7H3/t19-,20+,21+,24+,25-,26-,27+,28+,29+,30-,31+,32-,33-,34+,35+,36-,37+,38+,40-,41-/m0/s1. The van der Waals surface area contributed by atoms with Gasteiger partial charge in [0.15, 0.2) is 18.9 Å². The molecule has 3 N–H and O–H groups in total. The van der Waals surface area contributed by atoms with Crippen LogP contribution in [0.3, 0.4) is 0 Å². The highest BCUT2D eigenvalue weighted by molar-refractivity contribution is 5.74. The Morgan fingerprint density at radius 2 is 1.46 bits per heavy atom. The van der Waals surface area contributed by atoms with Gasteiger partial charge < -0.3 is 67.4 Å². The van der Waals surface area contributed by atoms with Gasteiger partial charge in [0, 0.05) is 40.4 Å². The second kappa shape index (κ2) is 16.0. The van der Waals surface area contributed by atoms with E-state index in [-0.39, 0.29) is 36.2 Å². The predicted octanol–water partition coefficient (Wildman–Crippen LogP) is 3.00. The fourth-order valence-electron chi connectivity index (χ4n) is 11.1. The highest BCUT2D eigenvalue weighted by Crippen LogP contribution is 2.57. The van der Waals surface area contributed by atoms with Gasteiger partial charge in [0.25, 0.3) is 0 Å². The van der Waals surface area contributed by atoms with Gasteiger partial charge in [0.05, 0.1) is 73.5 Å². The first kappa shape index (κ1) is 41.0. The Bertz CT molecular complexity index is 1480. The van der Waals surface area contributed by atoms with Gasteiger partial charge >= 0.3 is 5.97 Å². The van der Waals surface area contributed by atoms with Crippen LogP contribution in [-0.2, 0) is 56.9 Å². The maximum absolute atomic E-state index is 13.7. The minimum atomic E-state index is -0.897. The number of fused-ring (bicyclic) bond motifs is 3. The van der Waals surface area contributed by atoms with E-state index in [0.29, 0.717) is 38.7 Å².